The molecule has 0 aromatic heterocycles. The maximum Gasteiger partial charge on any atom is 0.243 e. The van der Waals surface area contributed by atoms with Crippen molar-refractivity contribution in [2.45, 2.75) is 48.7 Å². The summed E-state index contributed by atoms with van der Waals surface area (Å²) in [6.45, 7) is 6.33. The van der Waals surface area contributed by atoms with E-state index in [1.54, 1.807) is 12.1 Å². The lowest BCUT2D eigenvalue weighted by Gasteiger charge is -2.31. The zero-order valence-electron chi connectivity index (χ0n) is 18.3. The van der Waals surface area contributed by atoms with Gasteiger partial charge in [0.15, 0.2) is 0 Å². The number of nitrogens with zero attached hydrogens (tertiary/aromatic N) is 1. The summed E-state index contributed by atoms with van der Waals surface area (Å²) < 4.78 is 27.8. The molecular formula is C23H27N3O4S2. The van der Waals surface area contributed by atoms with E-state index in [9.17, 15) is 18.0 Å². The zero-order chi connectivity index (χ0) is 23.0. The minimum atomic E-state index is -3.70. The van der Waals surface area contributed by atoms with Crippen molar-refractivity contribution in [2.75, 3.05) is 23.7 Å². The number of rotatable bonds is 4. The first-order valence-corrected chi connectivity index (χ1v) is 13.0. The summed E-state index contributed by atoms with van der Waals surface area (Å²) >= 11 is 1.42. The Bertz CT molecular complexity index is 1170. The molecule has 0 saturated carbocycles. The molecule has 32 heavy (non-hydrogen) atoms. The number of thioether (sulfide) groups is 1. The second kappa shape index (κ2) is 8.88. The number of fused-ring (bicyclic) bond motifs is 1. The van der Waals surface area contributed by atoms with E-state index in [2.05, 4.69) is 10.6 Å². The number of amides is 2. The second-order valence-electron chi connectivity index (χ2n) is 8.39. The van der Waals surface area contributed by atoms with Crippen LogP contribution >= 0.6 is 11.8 Å². The Morgan fingerprint density at radius 1 is 1.12 bits per heavy atom. The Hall–Kier alpha value is -2.36. The highest BCUT2D eigenvalue weighted by Crippen LogP contribution is 2.37. The highest BCUT2D eigenvalue weighted by molar-refractivity contribution is 8.01. The summed E-state index contributed by atoms with van der Waals surface area (Å²) in [7, 11) is -3.70. The average molecular weight is 474 g/mol. The van der Waals surface area contributed by atoms with Gasteiger partial charge in [0.25, 0.3) is 0 Å². The largest absolute Gasteiger partial charge is 0.326 e. The fourth-order valence-electron chi connectivity index (χ4n) is 4.04. The predicted molar refractivity (Wildman–Crippen MR) is 126 cm³/mol. The first-order valence-electron chi connectivity index (χ1n) is 10.6. The monoisotopic (exact) mass is 473 g/mol. The molecule has 0 bridgehead atoms. The quantitative estimate of drug-likeness (QED) is 0.705. The molecule has 2 amide bonds. The molecule has 7 nitrogen and oxygen atoms in total. The molecule has 170 valence electrons. The Labute approximate surface area is 193 Å². The van der Waals surface area contributed by atoms with Gasteiger partial charge in [0.05, 0.1) is 15.8 Å². The summed E-state index contributed by atoms with van der Waals surface area (Å²) in [5, 5.41) is 5.56. The van der Waals surface area contributed by atoms with Crippen LogP contribution in [0, 0.1) is 19.8 Å². The van der Waals surface area contributed by atoms with Gasteiger partial charge in [0.2, 0.25) is 21.8 Å². The minimum Gasteiger partial charge on any atom is -0.326 e. The molecule has 0 aliphatic carbocycles. The lowest BCUT2D eigenvalue weighted by Crippen LogP contribution is -2.41. The van der Waals surface area contributed by atoms with Crippen LogP contribution in [-0.2, 0) is 19.6 Å². The van der Waals surface area contributed by atoms with Crippen LogP contribution in [0.5, 0.6) is 0 Å². The molecule has 2 heterocycles. The van der Waals surface area contributed by atoms with E-state index in [0.29, 0.717) is 18.5 Å². The van der Waals surface area contributed by atoms with E-state index >= 15 is 0 Å². The third-order valence-corrected chi connectivity index (χ3v) is 9.06. The number of hydrogen-bond acceptors (Lipinski definition) is 5. The maximum absolute atomic E-state index is 13.2. The van der Waals surface area contributed by atoms with Gasteiger partial charge in [0.1, 0.15) is 0 Å². The second-order valence-corrected chi connectivity index (χ2v) is 11.7. The van der Waals surface area contributed by atoms with Crippen LogP contribution in [0.25, 0.3) is 0 Å². The number of hydrogen-bond donors (Lipinski definition) is 2. The van der Waals surface area contributed by atoms with Gasteiger partial charge in [-0.05, 0) is 63.4 Å². The molecule has 0 spiro atoms. The number of nitrogens with one attached hydrogen (secondary N) is 2. The van der Waals surface area contributed by atoms with Crippen molar-refractivity contribution in [3.63, 3.8) is 0 Å². The molecule has 1 saturated heterocycles. The lowest BCUT2D eigenvalue weighted by atomic mass is 9.97. The van der Waals surface area contributed by atoms with Crippen molar-refractivity contribution in [2.24, 2.45) is 5.92 Å². The molecule has 2 N–H and O–H groups in total. The third kappa shape index (κ3) is 4.55. The van der Waals surface area contributed by atoms with Crippen LogP contribution in [0.15, 0.2) is 46.2 Å². The zero-order valence-corrected chi connectivity index (χ0v) is 20.0. The Kier molecular flexibility index (Phi) is 6.33. The molecule has 2 aliphatic heterocycles. The molecule has 2 aromatic carbocycles. The molecule has 4 rings (SSSR count). The Morgan fingerprint density at radius 2 is 1.84 bits per heavy atom. The molecule has 1 atom stereocenters. The Morgan fingerprint density at radius 3 is 2.53 bits per heavy atom. The topological polar surface area (TPSA) is 95.6 Å². The van der Waals surface area contributed by atoms with Gasteiger partial charge < -0.3 is 10.6 Å². The maximum atomic E-state index is 13.2. The highest BCUT2D eigenvalue weighted by atomic mass is 32.2. The Balaban J connectivity index is 1.42. The molecule has 1 fully saturated rings. The van der Waals surface area contributed by atoms with Crippen molar-refractivity contribution < 1.29 is 18.0 Å². The number of anilines is 2. The minimum absolute atomic E-state index is 0.0726. The van der Waals surface area contributed by atoms with Gasteiger partial charge in [0, 0.05) is 29.6 Å². The summed E-state index contributed by atoms with van der Waals surface area (Å²) in [6.07, 6.45) is 0.927. The number of aryl methyl sites for hydroxylation is 2. The van der Waals surface area contributed by atoms with Gasteiger partial charge in [-0.25, -0.2) is 8.42 Å². The van der Waals surface area contributed by atoms with Crippen LogP contribution in [0.2, 0.25) is 0 Å². The standard InChI is InChI=1S/C23H27N3O4S2/c1-14-4-6-19(15(2)12-14)24-23(28)17-8-10-26(11-9-17)32(29,30)18-5-7-21-20(13-18)25-22(27)16(3)31-21/h4-7,12-13,16-17H,8-11H2,1-3H3,(H,24,28)(H,25,27)/t16-/m0/s1. The van der Waals surface area contributed by atoms with Crippen molar-refractivity contribution in [1.29, 1.82) is 0 Å². The average Bonchev–Trinajstić information content (AvgIpc) is 2.76. The summed E-state index contributed by atoms with van der Waals surface area (Å²) in [5.74, 6) is -0.438. The molecule has 9 heteroatoms. The summed E-state index contributed by atoms with van der Waals surface area (Å²) in [4.78, 5) is 25.7. The van der Waals surface area contributed by atoms with Gasteiger partial charge in [-0.1, -0.05) is 17.7 Å². The van der Waals surface area contributed by atoms with Gasteiger partial charge in [-0.3, -0.25) is 9.59 Å². The first-order chi connectivity index (χ1) is 15.1. The fraction of sp³-hybridized carbons (Fsp3) is 0.391. The normalized spacial score (nSPS) is 19.8. The van der Waals surface area contributed by atoms with Crippen molar-refractivity contribution in [1.82, 2.24) is 4.31 Å². The molecule has 0 radical (unpaired) electrons. The third-order valence-electron chi connectivity index (χ3n) is 5.98. The van der Waals surface area contributed by atoms with Crippen LogP contribution in [-0.4, -0.2) is 42.9 Å². The highest BCUT2D eigenvalue weighted by Gasteiger charge is 2.33. The van der Waals surface area contributed by atoms with Crippen molar-refractivity contribution >= 4 is 45.0 Å². The number of piperidine rings is 1. The SMILES string of the molecule is Cc1ccc(NC(=O)C2CCN(S(=O)(=O)c3ccc4c(c3)NC(=O)[C@H](C)S4)CC2)c(C)c1. The van der Waals surface area contributed by atoms with Crippen LogP contribution in [0.4, 0.5) is 11.4 Å². The van der Waals surface area contributed by atoms with Crippen LogP contribution in [0.1, 0.15) is 30.9 Å². The van der Waals surface area contributed by atoms with Crippen molar-refractivity contribution in [3.05, 3.63) is 47.5 Å². The fourth-order valence-corrected chi connectivity index (χ4v) is 6.47. The predicted octanol–water partition coefficient (Wildman–Crippen LogP) is 3.78. The van der Waals surface area contributed by atoms with E-state index in [0.717, 1.165) is 21.7 Å². The van der Waals surface area contributed by atoms with E-state index in [4.69, 9.17) is 0 Å². The number of benzene rings is 2. The van der Waals surface area contributed by atoms with Gasteiger partial charge >= 0.3 is 0 Å². The number of carbonyl (C=O) groups excluding carboxylic acids is 2. The van der Waals surface area contributed by atoms with Crippen LogP contribution < -0.4 is 10.6 Å². The van der Waals surface area contributed by atoms with Crippen molar-refractivity contribution in [3.8, 4) is 0 Å². The van der Waals surface area contributed by atoms with Crippen LogP contribution in [0.3, 0.4) is 0 Å². The van der Waals surface area contributed by atoms with Gasteiger partial charge in [-0.2, -0.15) is 4.31 Å². The summed E-state index contributed by atoms with van der Waals surface area (Å²) in [6, 6.07) is 10.7. The lowest BCUT2D eigenvalue weighted by molar-refractivity contribution is -0.121. The molecule has 0 unspecified atom stereocenters. The first kappa shape index (κ1) is 22.8. The van der Waals surface area contributed by atoms with Gasteiger partial charge in [-0.15, -0.1) is 11.8 Å². The number of sulfonamides is 1. The molecular weight excluding hydrogens is 446 g/mol. The number of carbonyl (C=O) groups is 2. The van der Waals surface area contributed by atoms with E-state index in [-0.39, 0.29) is 41.0 Å². The summed E-state index contributed by atoms with van der Waals surface area (Å²) in [5.41, 5.74) is 3.46. The van der Waals surface area contributed by atoms with E-state index in [1.165, 1.54) is 22.1 Å². The smallest absolute Gasteiger partial charge is 0.243 e. The molecule has 2 aliphatic rings. The molecule has 2 aromatic rings. The van der Waals surface area contributed by atoms with E-state index < -0.39 is 10.0 Å². The van der Waals surface area contributed by atoms with E-state index in [1.807, 2.05) is 39.0 Å².